The van der Waals surface area contributed by atoms with Crippen molar-refractivity contribution in [1.82, 2.24) is 10.2 Å². The summed E-state index contributed by atoms with van der Waals surface area (Å²) in [5.41, 5.74) is 1.66. The van der Waals surface area contributed by atoms with Gasteiger partial charge in [0.05, 0.1) is 4.88 Å². The number of nitrogens with zero attached hydrogens (tertiary/aromatic N) is 1. The molecular weight excluding hydrogens is 400 g/mol. The minimum absolute atomic E-state index is 0.194. The first-order valence-electron chi connectivity index (χ1n) is 9.64. The lowest BCUT2D eigenvalue weighted by Gasteiger charge is -2.25. The number of ether oxygens (including phenoxy) is 2. The molecule has 1 N–H and O–H groups in total. The number of amides is 2. The Morgan fingerprint density at radius 2 is 1.80 bits per heavy atom. The van der Waals surface area contributed by atoms with E-state index >= 15 is 0 Å². The van der Waals surface area contributed by atoms with Crippen LogP contribution in [0.2, 0.25) is 0 Å². The van der Waals surface area contributed by atoms with E-state index in [0.29, 0.717) is 36.1 Å². The molecule has 0 fully saturated rings. The van der Waals surface area contributed by atoms with Crippen molar-refractivity contribution in [3.8, 4) is 11.5 Å². The van der Waals surface area contributed by atoms with E-state index in [1.54, 1.807) is 18.0 Å². The van der Waals surface area contributed by atoms with Gasteiger partial charge in [0.2, 0.25) is 5.91 Å². The third kappa shape index (κ3) is 4.46. The fourth-order valence-corrected chi connectivity index (χ4v) is 3.93. The zero-order chi connectivity index (χ0) is 20.9. The highest BCUT2D eigenvalue weighted by molar-refractivity contribution is 7.12. The highest BCUT2D eigenvalue weighted by Crippen LogP contribution is 2.31. The highest BCUT2D eigenvalue weighted by atomic mass is 32.1. The van der Waals surface area contributed by atoms with E-state index in [4.69, 9.17) is 9.47 Å². The number of carbonyl (C=O) groups excluding carboxylic acids is 2. The average Bonchev–Trinajstić information content (AvgIpc) is 3.32. The Morgan fingerprint density at radius 3 is 2.53 bits per heavy atom. The second-order valence-electron chi connectivity index (χ2n) is 6.97. The lowest BCUT2D eigenvalue weighted by molar-refractivity contribution is -0.132. The maximum atomic E-state index is 13.3. The van der Waals surface area contributed by atoms with Crippen molar-refractivity contribution >= 4 is 23.2 Å². The molecule has 1 aliphatic heterocycles. The molecule has 6 nitrogen and oxygen atoms in total. The largest absolute Gasteiger partial charge is 0.486 e. The quantitative estimate of drug-likeness (QED) is 0.659. The summed E-state index contributed by atoms with van der Waals surface area (Å²) in [4.78, 5) is 28.1. The molecule has 7 heteroatoms. The van der Waals surface area contributed by atoms with Gasteiger partial charge in [0.1, 0.15) is 19.3 Å². The summed E-state index contributed by atoms with van der Waals surface area (Å²) in [6, 6.07) is 17.7. The predicted octanol–water partition coefficient (Wildman–Crippen LogP) is 3.65. The molecule has 4 rings (SSSR count). The Balaban J connectivity index is 1.52. The van der Waals surface area contributed by atoms with Gasteiger partial charge >= 0.3 is 0 Å². The van der Waals surface area contributed by atoms with Crippen molar-refractivity contribution in [1.29, 1.82) is 0 Å². The van der Waals surface area contributed by atoms with Gasteiger partial charge in [-0.05, 0) is 34.7 Å². The maximum Gasteiger partial charge on any atom is 0.262 e. The van der Waals surface area contributed by atoms with Crippen LogP contribution in [-0.2, 0) is 11.3 Å². The van der Waals surface area contributed by atoms with E-state index in [0.717, 1.165) is 11.1 Å². The predicted molar refractivity (Wildman–Crippen MR) is 115 cm³/mol. The molecular formula is C23H22N2O4S. The summed E-state index contributed by atoms with van der Waals surface area (Å²) in [7, 11) is 1.73. The van der Waals surface area contributed by atoms with Crippen LogP contribution in [0.4, 0.5) is 0 Å². The molecule has 1 atom stereocenters. The molecule has 0 saturated carbocycles. The molecule has 1 aromatic heterocycles. The van der Waals surface area contributed by atoms with Gasteiger partial charge in [0.15, 0.2) is 11.5 Å². The standard InChI is InChI=1S/C23H22N2O4S/c1-25(15-16-9-10-18-19(14-16)29-12-11-28-18)23(27)21(17-6-3-2-4-7-17)24-22(26)20-8-5-13-30-20/h2-10,13-14,21H,11-12,15H2,1H3,(H,24,26)/t21-/m1/s1. The van der Waals surface area contributed by atoms with E-state index in [2.05, 4.69) is 5.32 Å². The Kier molecular flexibility index (Phi) is 5.99. The zero-order valence-corrected chi connectivity index (χ0v) is 17.4. The van der Waals surface area contributed by atoms with Crippen LogP contribution in [0, 0.1) is 0 Å². The number of carbonyl (C=O) groups is 2. The molecule has 0 bridgehead atoms. The first-order chi connectivity index (χ1) is 14.6. The fraction of sp³-hybridized carbons (Fsp3) is 0.217. The molecule has 0 spiro atoms. The zero-order valence-electron chi connectivity index (χ0n) is 16.5. The van der Waals surface area contributed by atoms with Crippen molar-refractivity contribution in [3.05, 3.63) is 82.0 Å². The smallest absolute Gasteiger partial charge is 0.262 e. The molecule has 30 heavy (non-hydrogen) atoms. The number of hydrogen-bond acceptors (Lipinski definition) is 5. The van der Waals surface area contributed by atoms with E-state index in [1.807, 2.05) is 60.0 Å². The first-order valence-corrected chi connectivity index (χ1v) is 10.5. The highest BCUT2D eigenvalue weighted by Gasteiger charge is 2.27. The summed E-state index contributed by atoms with van der Waals surface area (Å²) >= 11 is 1.34. The minimum Gasteiger partial charge on any atom is -0.486 e. The van der Waals surface area contributed by atoms with Gasteiger partial charge in [-0.1, -0.05) is 42.5 Å². The monoisotopic (exact) mass is 422 g/mol. The van der Waals surface area contributed by atoms with Crippen molar-refractivity contribution < 1.29 is 19.1 Å². The number of nitrogens with one attached hydrogen (secondary N) is 1. The first kappa shape index (κ1) is 20.0. The molecule has 0 radical (unpaired) electrons. The fourth-order valence-electron chi connectivity index (χ4n) is 3.30. The molecule has 0 unspecified atom stereocenters. The molecule has 2 aromatic carbocycles. The maximum absolute atomic E-state index is 13.3. The lowest BCUT2D eigenvalue weighted by atomic mass is 10.0. The van der Waals surface area contributed by atoms with Crippen molar-refractivity contribution in [3.63, 3.8) is 0 Å². The van der Waals surface area contributed by atoms with Crippen LogP contribution in [0.15, 0.2) is 66.0 Å². The van der Waals surface area contributed by atoms with Gasteiger partial charge in [0, 0.05) is 13.6 Å². The Labute approximate surface area is 179 Å². The number of hydrogen-bond donors (Lipinski definition) is 1. The van der Waals surface area contributed by atoms with Gasteiger partial charge in [-0.2, -0.15) is 0 Å². The second kappa shape index (κ2) is 9.00. The molecule has 0 aliphatic carbocycles. The normalized spacial score (nSPS) is 13.4. The summed E-state index contributed by atoms with van der Waals surface area (Å²) < 4.78 is 11.2. The van der Waals surface area contributed by atoms with Crippen LogP contribution in [-0.4, -0.2) is 37.0 Å². The van der Waals surface area contributed by atoms with Gasteiger partial charge in [-0.3, -0.25) is 9.59 Å². The summed E-state index contributed by atoms with van der Waals surface area (Å²) in [5.74, 6) is 0.940. The van der Waals surface area contributed by atoms with Gasteiger partial charge in [-0.25, -0.2) is 0 Å². The Hall–Kier alpha value is -3.32. The van der Waals surface area contributed by atoms with E-state index in [9.17, 15) is 9.59 Å². The van der Waals surface area contributed by atoms with Crippen molar-refractivity contribution in [2.45, 2.75) is 12.6 Å². The topological polar surface area (TPSA) is 67.9 Å². The summed E-state index contributed by atoms with van der Waals surface area (Å²) in [5, 5.41) is 4.72. The third-order valence-electron chi connectivity index (χ3n) is 4.80. The lowest BCUT2D eigenvalue weighted by Crippen LogP contribution is -2.41. The molecule has 154 valence electrons. The van der Waals surface area contributed by atoms with Crippen LogP contribution in [0.1, 0.15) is 26.8 Å². The van der Waals surface area contributed by atoms with Gasteiger partial charge < -0.3 is 19.7 Å². The van der Waals surface area contributed by atoms with Crippen LogP contribution in [0.3, 0.4) is 0 Å². The third-order valence-corrected chi connectivity index (χ3v) is 5.67. The van der Waals surface area contributed by atoms with Crippen molar-refractivity contribution in [2.75, 3.05) is 20.3 Å². The van der Waals surface area contributed by atoms with E-state index < -0.39 is 6.04 Å². The summed E-state index contributed by atoms with van der Waals surface area (Å²) in [6.45, 7) is 1.43. The molecule has 3 aromatic rings. The van der Waals surface area contributed by atoms with Crippen LogP contribution < -0.4 is 14.8 Å². The number of fused-ring (bicyclic) bond motifs is 1. The number of rotatable bonds is 6. The van der Waals surface area contributed by atoms with E-state index in [-0.39, 0.29) is 11.8 Å². The summed E-state index contributed by atoms with van der Waals surface area (Å²) in [6.07, 6.45) is 0. The van der Waals surface area contributed by atoms with Crippen LogP contribution in [0.5, 0.6) is 11.5 Å². The van der Waals surface area contributed by atoms with Crippen LogP contribution >= 0.6 is 11.3 Å². The number of likely N-dealkylation sites (N-methyl/N-ethyl adjacent to an activating group) is 1. The SMILES string of the molecule is CN(Cc1ccc2c(c1)OCCO2)C(=O)[C@H](NC(=O)c1cccs1)c1ccccc1. The van der Waals surface area contributed by atoms with Crippen LogP contribution in [0.25, 0.3) is 0 Å². The van der Waals surface area contributed by atoms with Gasteiger partial charge in [-0.15, -0.1) is 11.3 Å². The molecule has 0 saturated heterocycles. The second-order valence-corrected chi connectivity index (χ2v) is 7.91. The number of thiophene rings is 1. The Morgan fingerprint density at radius 1 is 1.03 bits per heavy atom. The molecule has 1 aliphatic rings. The molecule has 2 heterocycles. The Bertz CT molecular complexity index is 1020. The molecule has 2 amide bonds. The van der Waals surface area contributed by atoms with Gasteiger partial charge in [0.25, 0.3) is 5.91 Å². The van der Waals surface area contributed by atoms with Crippen molar-refractivity contribution in [2.24, 2.45) is 0 Å². The average molecular weight is 423 g/mol. The number of benzene rings is 2. The van der Waals surface area contributed by atoms with E-state index in [1.165, 1.54) is 11.3 Å². The minimum atomic E-state index is -0.775.